The summed E-state index contributed by atoms with van der Waals surface area (Å²) in [5.74, 6) is 2.36. The number of nitrogens with one attached hydrogen (secondary N) is 1. The molecule has 1 aliphatic heterocycles. The Labute approximate surface area is 145 Å². The van der Waals surface area contributed by atoms with E-state index in [1.165, 1.54) is 56.2 Å². The molecule has 3 N–H and O–H groups in total. The second-order valence-electron chi connectivity index (χ2n) is 7.98. The van der Waals surface area contributed by atoms with Crippen molar-refractivity contribution in [2.24, 2.45) is 5.92 Å². The Kier molecular flexibility index (Phi) is 4.37. The van der Waals surface area contributed by atoms with Gasteiger partial charge in [0, 0.05) is 24.1 Å². The minimum atomic E-state index is 0.308. The molecule has 132 valence electrons. The van der Waals surface area contributed by atoms with Gasteiger partial charge in [-0.3, -0.25) is 0 Å². The summed E-state index contributed by atoms with van der Waals surface area (Å²) >= 11 is 0. The van der Waals surface area contributed by atoms with Gasteiger partial charge in [-0.05, 0) is 57.5 Å². The summed E-state index contributed by atoms with van der Waals surface area (Å²) < 4.78 is 0. The molecule has 5 nitrogen and oxygen atoms in total. The molecular weight excluding hydrogens is 298 g/mol. The Hall–Kier alpha value is -1.36. The summed E-state index contributed by atoms with van der Waals surface area (Å²) in [6.45, 7) is 6.54. The van der Waals surface area contributed by atoms with Crippen molar-refractivity contribution in [1.29, 1.82) is 0 Å². The van der Waals surface area contributed by atoms with E-state index in [9.17, 15) is 0 Å². The number of fused-ring (bicyclic) bond motifs is 2. The van der Waals surface area contributed by atoms with Crippen LogP contribution in [0.2, 0.25) is 0 Å². The average molecular weight is 329 g/mol. The maximum absolute atomic E-state index is 6.15. The Balaban J connectivity index is 1.64. The van der Waals surface area contributed by atoms with Crippen LogP contribution in [0.5, 0.6) is 0 Å². The highest BCUT2D eigenvalue weighted by Crippen LogP contribution is 2.49. The van der Waals surface area contributed by atoms with Crippen molar-refractivity contribution >= 4 is 11.8 Å². The lowest BCUT2D eigenvalue weighted by Crippen LogP contribution is -2.33. The molecule has 1 atom stereocenters. The first kappa shape index (κ1) is 16.1. The van der Waals surface area contributed by atoms with Crippen molar-refractivity contribution in [2.45, 2.75) is 63.7 Å². The first-order valence-electron chi connectivity index (χ1n) is 9.84. The SMILES string of the molecule is CCNCC1CCN(c2nc(N)nc3c2CCCC32CCCC2)C1. The third kappa shape index (κ3) is 2.77. The van der Waals surface area contributed by atoms with Crippen molar-refractivity contribution in [1.82, 2.24) is 15.3 Å². The van der Waals surface area contributed by atoms with Gasteiger partial charge in [0.1, 0.15) is 5.82 Å². The van der Waals surface area contributed by atoms with Gasteiger partial charge in [0.25, 0.3) is 0 Å². The molecular formula is C19H31N5. The highest BCUT2D eigenvalue weighted by atomic mass is 15.2. The predicted molar refractivity (Wildman–Crippen MR) is 98.4 cm³/mol. The molecule has 0 radical (unpaired) electrons. The van der Waals surface area contributed by atoms with E-state index in [1.54, 1.807) is 0 Å². The zero-order chi connectivity index (χ0) is 16.6. The van der Waals surface area contributed by atoms with Crippen LogP contribution in [0.1, 0.15) is 63.1 Å². The molecule has 0 aromatic carbocycles. The lowest BCUT2D eigenvalue weighted by molar-refractivity contribution is 0.357. The monoisotopic (exact) mass is 329 g/mol. The van der Waals surface area contributed by atoms with Crippen LogP contribution >= 0.6 is 0 Å². The molecule has 1 spiro atoms. The van der Waals surface area contributed by atoms with Gasteiger partial charge < -0.3 is 16.0 Å². The second-order valence-corrected chi connectivity index (χ2v) is 7.98. The topological polar surface area (TPSA) is 67.1 Å². The highest BCUT2D eigenvalue weighted by Gasteiger charge is 2.42. The van der Waals surface area contributed by atoms with Gasteiger partial charge in [-0.1, -0.05) is 19.8 Å². The fraction of sp³-hybridized carbons (Fsp3) is 0.789. The van der Waals surface area contributed by atoms with E-state index in [2.05, 4.69) is 17.1 Å². The van der Waals surface area contributed by atoms with Gasteiger partial charge in [0.2, 0.25) is 5.95 Å². The lowest BCUT2D eigenvalue weighted by Gasteiger charge is -2.36. The predicted octanol–water partition coefficient (Wildman–Crippen LogP) is 2.64. The fourth-order valence-electron chi connectivity index (χ4n) is 5.22. The van der Waals surface area contributed by atoms with Crippen molar-refractivity contribution in [3.05, 3.63) is 11.3 Å². The third-order valence-corrected chi connectivity index (χ3v) is 6.42. The highest BCUT2D eigenvalue weighted by molar-refractivity contribution is 5.55. The molecule has 2 aliphatic carbocycles. The van der Waals surface area contributed by atoms with Gasteiger partial charge >= 0.3 is 0 Å². The Bertz CT molecular complexity index is 594. The molecule has 1 saturated heterocycles. The minimum Gasteiger partial charge on any atom is -0.368 e. The Morgan fingerprint density at radius 3 is 2.79 bits per heavy atom. The first-order chi connectivity index (χ1) is 11.7. The standard InChI is InChI=1S/C19H31N5/c1-2-21-12-14-7-11-24(13-14)17-15-6-5-10-19(8-3-4-9-19)16(15)22-18(20)23-17/h14,21H,2-13H2,1H3,(H2,20,22,23). The normalized spacial score (nSPS) is 25.4. The largest absolute Gasteiger partial charge is 0.368 e. The van der Waals surface area contributed by atoms with Crippen molar-refractivity contribution in [2.75, 3.05) is 36.8 Å². The molecule has 1 unspecified atom stereocenters. The third-order valence-electron chi connectivity index (χ3n) is 6.42. The minimum absolute atomic E-state index is 0.308. The maximum atomic E-state index is 6.15. The number of nitrogen functional groups attached to an aromatic ring is 1. The smallest absolute Gasteiger partial charge is 0.222 e. The van der Waals surface area contributed by atoms with Gasteiger partial charge in [-0.2, -0.15) is 4.98 Å². The van der Waals surface area contributed by atoms with Crippen molar-refractivity contribution < 1.29 is 0 Å². The van der Waals surface area contributed by atoms with Crippen LogP contribution in [0.15, 0.2) is 0 Å². The van der Waals surface area contributed by atoms with Crippen LogP contribution in [-0.4, -0.2) is 36.1 Å². The van der Waals surface area contributed by atoms with Gasteiger partial charge in [-0.15, -0.1) is 0 Å². The summed E-state index contributed by atoms with van der Waals surface area (Å²) in [4.78, 5) is 12.0. The molecule has 0 bridgehead atoms. The summed E-state index contributed by atoms with van der Waals surface area (Å²) in [5.41, 5.74) is 9.19. The van der Waals surface area contributed by atoms with Crippen LogP contribution in [0.25, 0.3) is 0 Å². The van der Waals surface area contributed by atoms with Crippen LogP contribution < -0.4 is 16.0 Å². The zero-order valence-corrected chi connectivity index (χ0v) is 15.0. The van der Waals surface area contributed by atoms with Crippen molar-refractivity contribution in [3.8, 4) is 0 Å². The van der Waals surface area contributed by atoms with E-state index >= 15 is 0 Å². The van der Waals surface area contributed by atoms with Crippen LogP contribution in [0, 0.1) is 5.92 Å². The molecule has 4 rings (SSSR count). The van der Waals surface area contributed by atoms with E-state index in [-0.39, 0.29) is 0 Å². The molecule has 1 saturated carbocycles. The summed E-state index contributed by atoms with van der Waals surface area (Å²) in [6.07, 6.45) is 10.2. The zero-order valence-electron chi connectivity index (χ0n) is 15.0. The summed E-state index contributed by atoms with van der Waals surface area (Å²) in [6, 6.07) is 0. The number of hydrogen-bond acceptors (Lipinski definition) is 5. The first-order valence-corrected chi connectivity index (χ1v) is 9.84. The molecule has 24 heavy (non-hydrogen) atoms. The summed E-state index contributed by atoms with van der Waals surface area (Å²) in [5, 5.41) is 3.49. The van der Waals surface area contributed by atoms with Crippen molar-refractivity contribution in [3.63, 3.8) is 0 Å². The molecule has 0 amide bonds. The van der Waals surface area contributed by atoms with Gasteiger partial charge in [0.05, 0.1) is 5.69 Å². The number of rotatable bonds is 4. The van der Waals surface area contributed by atoms with Crippen LogP contribution in [0.3, 0.4) is 0 Å². The molecule has 3 aliphatic rings. The van der Waals surface area contributed by atoms with E-state index < -0.39 is 0 Å². The van der Waals surface area contributed by atoms with Crippen LogP contribution in [-0.2, 0) is 11.8 Å². The molecule has 1 aromatic rings. The number of nitrogens with zero attached hydrogens (tertiary/aromatic N) is 3. The second kappa shape index (κ2) is 6.51. The number of nitrogens with two attached hydrogens (primary N) is 1. The number of hydrogen-bond donors (Lipinski definition) is 2. The summed E-state index contributed by atoms with van der Waals surface area (Å²) in [7, 11) is 0. The van der Waals surface area contributed by atoms with E-state index in [0.717, 1.165) is 44.3 Å². The van der Waals surface area contributed by atoms with E-state index in [4.69, 9.17) is 15.7 Å². The van der Waals surface area contributed by atoms with Gasteiger partial charge in [-0.25, -0.2) is 4.98 Å². The van der Waals surface area contributed by atoms with E-state index in [1.807, 2.05) is 0 Å². The Morgan fingerprint density at radius 1 is 1.21 bits per heavy atom. The maximum Gasteiger partial charge on any atom is 0.222 e. The van der Waals surface area contributed by atoms with E-state index in [0.29, 0.717) is 11.4 Å². The van der Waals surface area contributed by atoms with Gasteiger partial charge in [0.15, 0.2) is 0 Å². The average Bonchev–Trinajstić information content (AvgIpc) is 3.23. The van der Waals surface area contributed by atoms with Crippen LogP contribution in [0.4, 0.5) is 11.8 Å². The lowest BCUT2D eigenvalue weighted by atomic mass is 9.71. The molecule has 5 heteroatoms. The number of aromatic nitrogens is 2. The Morgan fingerprint density at radius 2 is 2.00 bits per heavy atom. The number of anilines is 2. The molecule has 2 heterocycles. The fourth-order valence-corrected chi connectivity index (χ4v) is 5.22. The quantitative estimate of drug-likeness (QED) is 0.889. The molecule has 1 aromatic heterocycles. The molecule has 2 fully saturated rings.